The molecule has 6 nitrogen and oxygen atoms in total. The second kappa shape index (κ2) is 6.04. The van der Waals surface area contributed by atoms with E-state index >= 15 is 0 Å². The maximum Gasteiger partial charge on any atom is 0.181 e. The van der Waals surface area contributed by atoms with E-state index in [1.165, 1.54) is 0 Å². The highest BCUT2D eigenvalue weighted by Crippen LogP contribution is 2.19. The second-order valence-electron chi connectivity index (χ2n) is 3.79. The summed E-state index contributed by atoms with van der Waals surface area (Å²) in [6.45, 7) is 0. The number of hydrogen-bond acceptors (Lipinski definition) is 5. The molecule has 0 amide bonds. The molecule has 98 valence electrons. The number of aromatic nitrogens is 5. The van der Waals surface area contributed by atoms with Crippen molar-refractivity contribution in [2.75, 3.05) is 0 Å². The summed E-state index contributed by atoms with van der Waals surface area (Å²) in [7, 11) is 0. The molecule has 0 aliphatic rings. The molecule has 0 spiro atoms. The average molecular weight is 329 g/mol. The van der Waals surface area contributed by atoms with Crippen molar-refractivity contribution in [2.45, 2.75) is 0 Å². The van der Waals surface area contributed by atoms with Crippen LogP contribution in [-0.4, -0.2) is 25.1 Å². The number of rotatable bonds is 2. The Morgan fingerprint density at radius 2 is 1.80 bits per heavy atom. The van der Waals surface area contributed by atoms with Crippen molar-refractivity contribution >= 4 is 17.0 Å². The Bertz CT molecular complexity index is 747. The SMILES string of the molecule is Br.N#Cc1cc(-c2nc(-c3ccncc3)n[nH]2)ccn1. The predicted octanol–water partition coefficient (Wildman–Crippen LogP) is 2.38. The highest BCUT2D eigenvalue weighted by Gasteiger charge is 2.08. The number of pyridine rings is 2. The molecule has 3 heterocycles. The van der Waals surface area contributed by atoms with Gasteiger partial charge >= 0.3 is 0 Å². The Hall–Kier alpha value is -2.59. The summed E-state index contributed by atoms with van der Waals surface area (Å²) in [5.74, 6) is 1.19. The normalized spacial score (nSPS) is 9.55. The Balaban J connectivity index is 0.00000147. The van der Waals surface area contributed by atoms with Crippen molar-refractivity contribution in [1.29, 1.82) is 5.26 Å². The van der Waals surface area contributed by atoms with Gasteiger partial charge in [-0.25, -0.2) is 9.97 Å². The summed E-state index contributed by atoms with van der Waals surface area (Å²) in [6.07, 6.45) is 4.94. The molecule has 0 saturated heterocycles. The number of H-pyrrole nitrogens is 1. The van der Waals surface area contributed by atoms with Gasteiger partial charge in [-0.3, -0.25) is 10.1 Å². The molecular formula is C13H9BrN6. The van der Waals surface area contributed by atoms with Gasteiger partial charge in [-0.15, -0.1) is 17.0 Å². The quantitative estimate of drug-likeness (QED) is 0.779. The molecular weight excluding hydrogens is 320 g/mol. The molecule has 0 aliphatic heterocycles. The van der Waals surface area contributed by atoms with Crippen LogP contribution >= 0.6 is 17.0 Å². The van der Waals surface area contributed by atoms with Gasteiger partial charge < -0.3 is 0 Å². The molecule has 1 N–H and O–H groups in total. The van der Waals surface area contributed by atoms with Gasteiger partial charge in [0.25, 0.3) is 0 Å². The van der Waals surface area contributed by atoms with Crippen molar-refractivity contribution in [3.63, 3.8) is 0 Å². The fourth-order valence-electron chi connectivity index (χ4n) is 1.66. The van der Waals surface area contributed by atoms with Crippen LogP contribution in [-0.2, 0) is 0 Å². The molecule has 0 unspecified atom stereocenters. The predicted molar refractivity (Wildman–Crippen MR) is 77.9 cm³/mol. The van der Waals surface area contributed by atoms with Gasteiger partial charge in [0.15, 0.2) is 11.6 Å². The molecule has 0 radical (unpaired) electrons. The summed E-state index contributed by atoms with van der Waals surface area (Å²) in [6, 6.07) is 9.10. The van der Waals surface area contributed by atoms with E-state index < -0.39 is 0 Å². The van der Waals surface area contributed by atoms with Crippen molar-refractivity contribution < 1.29 is 0 Å². The molecule has 3 aromatic rings. The minimum atomic E-state index is 0. The first-order valence-electron chi connectivity index (χ1n) is 5.56. The number of nitrogens with zero attached hydrogens (tertiary/aromatic N) is 5. The zero-order valence-electron chi connectivity index (χ0n) is 10.2. The third-order valence-corrected chi connectivity index (χ3v) is 2.57. The van der Waals surface area contributed by atoms with Gasteiger partial charge in [-0.2, -0.15) is 10.4 Å². The molecule has 0 aromatic carbocycles. The number of nitriles is 1. The van der Waals surface area contributed by atoms with E-state index in [0.717, 1.165) is 11.1 Å². The summed E-state index contributed by atoms with van der Waals surface area (Å²) in [5, 5.41) is 15.8. The summed E-state index contributed by atoms with van der Waals surface area (Å²) in [4.78, 5) is 12.3. The number of aromatic amines is 1. The zero-order valence-corrected chi connectivity index (χ0v) is 11.9. The Kier molecular flexibility index (Phi) is 4.17. The van der Waals surface area contributed by atoms with Gasteiger partial charge in [0, 0.05) is 29.7 Å². The van der Waals surface area contributed by atoms with Crippen LogP contribution in [0.4, 0.5) is 0 Å². The van der Waals surface area contributed by atoms with Crippen LogP contribution in [0.3, 0.4) is 0 Å². The molecule has 0 atom stereocenters. The molecule has 0 bridgehead atoms. The Labute approximate surface area is 125 Å². The van der Waals surface area contributed by atoms with Crippen molar-refractivity contribution in [2.24, 2.45) is 0 Å². The minimum Gasteiger partial charge on any atom is -0.265 e. The fraction of sp³-hybridized carbons (Fsp3) is 0. The molecule has 3 rings (SSSR count). The lowest BCUT2D eigenvalue weighted by Gasteiger charge is -1.95. The van der Waals surface area contributed by atoms with Gasteiger partial charge in [0.2, 0.25) is 0 Å². The lowest BCUT2D eigenvalue weighted by Crippen LogP contribution is -1.86. The van der Waals surface area contributed by atoms with E-state index in [4.69, 9.17) is 5.26 Å². The van der Waals surface area contributed by atoms with Crippen molar-refractivity contribution in [1.82, 2.24) is 25.1 Å². The molecule has 7 heteroatoms. The fourth-order valence-corrected chi connectivity index (χ4v) is 1.66. The van der Waals surface area contributed by atoms with Gasteiger partial charge in [0.05, 0.1) is 0 Å². The van der Waals surface area contributed by atoms with Crippen LogP contribution in [0.15, 0.2) is 42.9 Å². The van der Waals surface area contributed by atoms with Gasteiger partial charge in [-0.05, 0) is 24.3 Å². The third kappa shape index (κ3) is 2.70. The van der Waals surface area contributed by atoms with Crippen LogP contribution in [0.1, 0.15) is 5.69 Å². The highest BCUT2D eigenvalue weighted by molar-refractivity contribution is 8.93. The molecule has 0 saturated carbocycles. The molecule has 0 aliphatic carbocycles. The molecule has 0 fully saturated rings. The number of halogens is 1. The number of nitrogens with one attached hydrogen (secondary N) is 1. The minimum absolute atomic E-state index is 0. The van der Waals surface area contributed by atoms with E-state index in [9.17, 15) is 0 Å². The van der Waals surface area contributed by atoms with Crippen LogP contribution in [0, 0.1) is 11.3 Å². The van der Waals surface area contributed by atoms with E-state index in [-0.39, 0.29) is 17.0 Å². The van der Waals surface area contributed by atoms with Gasteiger partial charge in [-0.1, -0.05) is 0 Å². The van der Waals surface area contributed by atoms with E-state index in [1.807, 2.05) is 18.2 Å². The van der Waals surface area contributed by atoms with Crippen molar-refractivity contribution in [3.05, 3.63) is 48.5 Å². The molecule has 3 aromatic heterocycles. The zero-order chi connectivity index (χ0) is 13.1. The average Bonchev–Trinajstić information content (AvgIpc) is 2.98. The molecule has 20 heavy (non-hydrogen) atoms. The second-order valence-corrected chi connectivity index (χ2v) is 3.79. The van der Waals surface area contributed by atoms with Crippen LogP contribution in [0.2, 0.25) is 0 Å². The first kappa shape index (κ1) is 13.8. The summed E-state index contributed by atoms with van der Waals surface area (Å²) >= 11 is 0. The smallest absolute Gasteiger partial charge is 0.181 e. The Morgan fingerprint density at radius 3 is 2.55 bits per heavy atom. The first-order valence-corrected chi connectivity index (χ1v) is 5.56. The first-order chi connectivity index (χ1) is 9.36. The topological polar surface area (TPSA) is 91.1 Å². The number of hydrogen-bond donors (Lipinski definition) is 1. The monoisotopic (exact) mass is 328 g/mol. The van der Waals surface area contributed by atoms with Crippen molar-refractivity contribution in [3.8, 4) is 28.8 Å². The van der Waals surface area contributed by atoms with E-state index in [0.29, 0.717) is 17.3 Å². The maximum absolute atomic E-state index is 8.83. The summed E-state index contributed by atoms with van der Waals surface area (Å²) in [5.41, 5.74) is 2.01. The van der Waals surface area contributed by atoms with Crippen LogP contribution < -0.4 is 0 Å². The highest BCUT2D eigenvalue weighted by atomic mass is 79.9. The van der Waals surface area contributed by atoms with Crippen LogP contribution in [0.25, 0.3) is 22.8 Å². The van der Waals surface area contributed by atoms with E-state index in [2.05, 4.69) is 25.1 Å². The van der Waals surface area contributed by atoms with E-state index in [1.54, 1.807) is 30.7 Å². The van der Waals surface area contributed by atoms with Crippen LogP contribution in [0.5, 0.6) is 0 Å². The maximum atomic E-state index is 8.83. The summed E-state index contributed by atoms with van der Waals surface area (Å²) < 4.78 is 0. The standard InChI is InChI=1S/C13H8N6.BrH/c14-8-11-7-10(3-6-16-11)13-17-12(18-19-13)9-1-4-15-5-2-9;/h1-7H,(H,17,18,19);1H. The Morgan fingerprint density at radius 1 is 1.05 bits per heavy atom. The third-order valence-electron chi connectivity index (χ3n) is 2.57. The lowest BCUT2D eigenvalue weighted by molar-refractivity contribution is 1.10. The van der Waals surface area contributed by atoms with Gasteiger partial charge in [0.1, 0.15) is 11.8 Å². The lowest BCUT2D eigenvalue weighted by atomic mass is 10.2. The largest absolute Gasteiger partial charge is 0.265 e.